The van der Waals surface area contributed by atoms with Crippen molar-refractivity contribution >= 4 is 10.0 Å². The maximum Gasteiger partial charge on any atom is 0.243 e. The fourth-order valence-corrected chi connectivity index (χ4v) is 3.58. The number of rotatable bonds is 4. The van der Waals surface area contributed by atoms with Gasteiger partial charge in [0, 0.05) is 25.2 Å². The summed E-state index contributed by atoms with van der Waals surface area (Å²) in [6.45, 7) is 1.59. The van der Waals surface area contributed by atoms with Gasteiger partial charge in [-0.25, -0.2) is 12.8 Å². The molecule has 1 aromatic carbocycles. The van der Waals surface area contributed by atoms with E-state index in [0.29, 0.717) is 5.56 Å². The van der Waals surface area contributed by atoms with Gasteiger partial charge < -0.3 is 5.73 Å². The fraction of sp³-hybridized carbons (Fsp3) is 0.500. The molecule has 1 fully saturated rings. The van der Waals surface area contributed by atoms with Gasteiger partial charge in [-0.15, -0.1) is 0 Å². The molecule has 1 aliphatic carbocycles. The molecule has 0 heterocycles. The topological polar surface area (TPSA) is 63.4 Å². The minimum Gasteiger partial charge on any atom is -0.326 e. The van der Waals surface area contributed by atoms with E-state index in [2.05, 4.69) is 0 Å². The monoisotopic (exact) mass is 272 g/mol. The second-order valence-corrected chi connectivity index (χ2v) is 6.62. The van der Waals surface area contributed by atoms with Gasteiger partial charge in [0.15, 0.2) is 0 Å². The Labute approximate surface area is 107 Å². The van der Waals surface area contributed by atoms with E-state index < -0.39 is 15.8 Å². The van der Waals surface area contributed by atoms with Crippen LogP contribution in [0.4, 0.5) is 4.39 Å². The first-order valence-corrected chi connectivity index (χ1v) is 7.29. The Morgan fingerprint density at radius 3 is 2.56 bits per heavy atom. The summed E-state index contributed by atoms with van der Waals surface area (Å²) in [7, 11) is -2.08. The van der Waals surface area contributed by atoms with Crippen LogP contribution in [-0.4, -0.2) is 25.8 Å². The number of benzene rings is 1. The molecule has 0 saturated heterocycles. The van der Waals surface area contributed by atoms with Crippen LogP contribution in [0, 0.1) is 12.7 Å². The SMILES string of the molecule is Cc1c(F)cc(CN)cc1S(=O)(=O)N(C)C1CC1. The predicted molar refractivity (Wildman–Crippen MR) is 67.0 cm³/mol. The van der Waals surface area contributed by atoms with Gasteiger partial charge in [-0.3, -0.25) is 0 Å². The van der Waals surface area contributed by atoms with E-state index >= 15 is 0 Å². The van der Waals surface area contributed by atoms with E-state index in [1.807, 2.05) is 0 Å². The third kappa shape index (κ3) is 2.28. The summed E-state index contributed by atoms with van der Waals surface area (Å²) in [6, 6.07) is 2.80. The van der Waals surface area contributed by atoms with Crippen LogP contribution in [-0.2, 0) is 16.6 Å². The molecule has 1 aromatic rings. The lowest BCUT2D eigenvalue weighted by molar-refractivity contribution is 0.462. The first-order chi connectivity index (χ1) is 8.37. The summed E-state index contributed by atoms with van der Waals surface area (Å²) in [5.41, 5.74) is 6.09. The second kappa shape index (κ2) is 4.60. The van der Waals surface area contributed by atoms with Crippen molar-refractivity contribution in [1.29, 1.82) is 0 Å². The third-order valence-corrected chi connectivity index (χ3v) is 5.35. The highest BCUT2D eigenvalue weighted by Gasteiger charge is 2.36. The smallest absolute Gasteiger partial charge is 0.243 e. The lowest BCUT2D eigenvalue weighted by Gasteiger charge is -2.18. The molecule has 0 unspecified atom stereocenters. The van der Waals surface area contributed by atoms with Crippen LogP contribution in [0.3, 0.4) is 0 Å². The molecule has 0 atom stereocenters. The van der Waals surface area contributed by atoms with E-state index in [4.69, 9.17) is 5.73 Å². The van der Waals surface area contributed by atoms with Gasteiger partial charge in [0.25, 0.3) is 0 Å². The van der Waals surface area contributed by atoms with Gasteiger partial charge in [0.05, 0.1) is 4.90 Å². The van der Waals surface area contributed by atoms with Gasteiger partial charge in [0.1, 0.15) is 5.82 Å². The van der Waals surface area contributed by atoms with Crippen LogP contribution in [0.5, 0.6) is 0 Å². The summed E-state index contributed by atoms with van der Waals surface area (Å²) in [4.78, 5) is 0.0253. The van der Waals surface area contributed by atoms with Crippen molar-refractivity contribution in [1.82, 2.24) is 4.31 Å². The van der Waals surface area contributed by atoms with Crippen molar-refractivity contribution in [2.45, 2.75) is 37.2 Å². The van der Waals surface area contributed by atoms with Crippen molar-refractivity contribution in [2.75, 3.05) is 7.05 Å². The van der Waals surface area contributed by atoms with Crippen LogP contribution in [0.25, 0.3) is 0 Å². The summed E-state index contributed by atoms with van der Waals surface area (Å²) >= 11 is 0. The van der Waals surface area contributed by atoms with Crippen LogP contribution in [0.2, 0.25) is 0 Å². The highest BCUT2D eigenvalue weighted by molar-refractivity contribution is 7.89. The number of sulfonamides is 1. The molecule has 0 amide bonds. The molecule has 0 bridgehead atoms. The fourth-order valence-electron chi connectivity index (χ4n) is 1.88. The average Bonchev–Trinajstić information content (AvgIpc) is 3.15. The van der Waals surface area contributed by atoms with Crippen molar-refractivity contribution in [3.63, 3.8) is 0 Å². The molecule has 2 rings (SSSR count). The van der Waals surface area contributed by atoms with Gasteiger partial charge in [0.2, 0.25) is 10.0 Å². The molecule has 1 saturated carbocycles. The molecular weight excluding hydrogens is 255 g/mol. The quantitative estimate of drug-likeness (QED) is 0.900. The minimum atomic E-state index is -3.62. The van der Waals surface area contributed by atoms with Gasteiger partial charge in [-0.05, 0) is 37.5 Å². The second-order valence-electron chi connectivity index (χ2n) is 4.66. The molecule has 6 heteroatoms. The molecule has 0 spiro atoms. The number of halogens is 1. The number of nitrogens with two attached hydrogens (primary N) is 1. The van der Waals surface area contributed by atoms with E-state index in [1.54, 1.807) is 7.05 Å². The van der Waals surface area contributed by atoms with Gasteiger partial charge >= 0.3 is 0 Å². The molecule has 4 nitrogen and oxygen atoms in total. The molecule has 0 radical (unpaired) electrons. The van der Waals surface area contributed by atoms with E-state index in [1.165, 1.54) is 23.4 Å². The third-order valence-electron chi connectivity index (χ3n) is 3.31. The molecule has 0 aliphatic heterocycles. The zero-order valence-corrected chi connectivity index (χ0v) is 11.3. The molecule has 2 N–H and O–H groups in total. The van der Waals surface area contributed by atoms with Crippen LogP contribution in [0.1, 0.15) is 24.0 Å². The van der Waals surface area contributed by atoms with Crippen LogP contribution in [0.15, 0.2) is 17.0 Å². The highest BCUT2D eigenvalue weighted by Crippen LogP contribution is 2.32. The zero-order chi connectivity index (χ0) is 13.5. The first kappa shape index (κ1) is 13.5. The van der Waals surface area contributed by atoms with Crippen LogP contribution < -0.4 is 5.73 Å². The molecule has 0 aromatic heterocycles. The summed E-state index contributed by atoms with van der Waals surface area (Å²) in [5.74, 6) is -0.527. The van der Waals surface area contributed by atoms with E-state index in [0.717, 1.165) is 12.8 Å². The lowest BCUT2D eigenvalue weighted by atomic mass is 10.1. The normalized spacial score (nSPS) is 16.3. The Kier molecular flexibility index (Phi) is 3.44. The Bertz CT molecular complexity index is 568. The largest absolute Gasteiger partial charge is 0.326 e. The Morgan fingerprint density at radius 2 is 2.06 bits per heavy atom. The van der Waals surface area contributed by atoms with Crippen molar-refractivity contribution in [3.05, 3.63) is 29.1 Å². The molecule has 100 valence electrons. The van der Waals surface area contributed by atoms with Gasteiger partial charge in [-0.2, -0.15) is 4.31 Å². The zero-order valence-electron chi connectivity index (χ0n) is 10.5. The van der Waals surface area contributed by atoms with E-state index in [9.17, 15) is 12.8 Å². The van der Waals surface area contributed by atoms with Gasteiger partial charge in [-0.1, -0.05) is 0 Å². The first-order valence-electron chi connectivity index (χ1n) is 5.85. The molecular formula is C12H17FN2O2S. The Balaban J connectivity index is 2.52. The molecule has 1 aliphatic rings. The summed E-state index contributed by atoms with van der Waals surface area (Å²) in [6.07, 6.45) is 1.74. The maximum atomic E-state index is 13.7. The average molecular weight is 272 g/mol. The van der Waals surface area contributed by atoms with Crippen molar-refractivity contribution in [2.24, 2.45) is 5.73 Å². The van der Waals surface area contributed by atoms with E-state index in [-0.39, 0.29) is 23.0 Å². The lowest BCUT2D eigenvalue weighted by Crippen LogP contribution is -2.29. The number of nitrogens with zero attached hydrogens (tertiary/aromatic N) is 1. The molecule has 18 heavy (non-hydrogen) atoms. The summed E-state index contributed by atoms with van der Waals surface area (Å²) < 4.78 is 39.8. The Morgan fingerprint density at radius 1 is 1.44 bits per heavy atom. The highest BCUT2D eigenvalue weighted by atomic mass is 32.2. The van der Waals surface area contributed by atoms with Crippen LogP contribution >= 0.6 is 0 Å². The van der Waals surface area contributed by atoms with Crippen molar-refractivity contribution < 1.29 is 12.8 Å². The standard InChI is InChI=1S/C12H17FN2O2S/c1-8-11(13)5-9(7-14)6-12(8)18(16,17)15(2)10-3-4-10/h5-6,10H,3-4,7,14H2,1-2H3. The number of hydrogen-bond donors (Lipinski definition) is 1. The maximum absolute atomic E-state index is 13.7. The summed E-state index contributed by atoms with van der Waals surface area (Å²) in [5, 5.41) is 0. The minimum absolute atomic E-state index is 0.0253. The van der Waals surface area contributed by atoms with Crippen molar-refractivity contribution in [3.8, 4) is 0 Å². The Hall–Kier alpha value is -0.980. The predicted octanol–water partition coefficient (Wildman–Crippen LogP) is 1.38. The number of hydrogen-bond acceptors (Lipinski definition) is 3.